The molecule has 0 saturated heterocycles. The number of hydrogen-bond donors (Lipinski definition) is 1. The van der Waals surface area contributed by atoms with Crippen LogP contribution in [0.5, 0.6) is 0 Å². The molecule has 4 atom stereocenters. The Hall–Kier alpha value is -0.670. The highest BCUT2D eigenvalue weighted by atomic mass is 19.3. The van der Waals surface area contributed by atoms with E-state index in [1.54, 1.807) is 0 Å². The summed E-state index contributed by atoms with van der Waals surface area (Å²) in [5.41, 5.74) is -0.807. The molecule has 0 amide bonds. The predicted octanol–water partition coefficient (Wildman–Crippen LogP) is 2.53. The van der Waals surface area contributed by atoms with Crippen LogP contribution in [0.1, 0.15) is 32.1 Å². The zero-order chi connectivity index (χ0) is 10.8. The Balaban J connectivity index is 2.00. The van der Waals surface area contributed by atoms with Crippen LogP contribution in [-0.2, 0) is 4.79 Å². The van der Waals surface area contributed by atoms with E-state index in [4.69, 9.17) is 0 Å². The smallest absolute Gasteiger partial charge is 0.309 e. The number of carboxylic acids is 1. The summed E-state index contributed by atoms with van der Waals surface area (Å²) in [6.45, 7) is 0. The molecule has 84 valence electrons. The first kappa shape index (κ1) is 9.55. The number of alkyl halides is 2. The quantitative estimate of drug-likeness (QED) is 0.731. The van der Waals surface area contributed by atoms with Crippen LogP contribution < -0.4 is 0 Å². The summed E-state index contributed by atoms with van der Waals surface area (Å²) >= 11 is 0. The topological polar surface area (TPSA) is 37.3 Å². The molecule has 15 heavy (non-hydrogen) atoms. The van der Waals surface area contributed by atoms with Crippen molar-refractivity contribution < 1.29 is 18.7 Å². The SMILES string of the molecule is O=C(O)C12CC3C[C@H](C1)C(F)(F)[C@@H](C3)C2. The Labute approximate surface area is 86.7 Å². The molecule has 4 heteroatoms. The molecule has 0 aromatic rings. The number of aliphatic carboxylic acids is 1. The fourth-order valence-electron chi connectivity index (χ4n) is 4.16. The highest BCUT2D eigenvalue weighted by molar-refractivity contribution is 5.75. The maximum atomic E-state index is 13.7. The Kier molecular flexibility index (Phi) is 1.61. The molecule has 0 aliphatic heterocycles. The molecular formula is C11H14F2O2. The van der Waals surface area contributed by atoms with Crippen molar-refractivity contribution in [2.45, 2.75) is 38.0 Å². The maximum absolute atomic E-state index is 13.7. The summed E-state index contributed by atoms with van der Waals surface area (Å²) in [6, 6.07) is 0. The standard InChI is InChI=1S/C11H14F2O2/c12-11(13)7-1-6-2-8(11)5-10(3-6,4-7)9(14)15/h6-8H,1-5H2,(H,14,15)/t6?,7-,8+,10?. The van der Waals surface area contributed by atoms with Gasteiger partial charge in [-0.25, -0.2) is 8.78 Å². The van der Waals surface area contributed by atoms with Crippen molar-refractivity contribution in [1.82, 2.24) is 0 Å². The van der Waals surface area contributed by atoms with Crippen LogP contribution in [0.4, 0.5) is 8.78 Å². The number of hydrogen-bond acceptors (Lipinski definition) is 1. The number of carboxylic acid groups (broad SMARTS) is 1. The minimum atomic E-state index is -2.60. The van der Waals surface area contributed by atoms with E-state index in [1.165, 1.54) is 0 Å². The third-order valence-electron chi connectivity index (χ3n) is 4.73. The average Bonchev–Trinajstić information content (AvgIpc) is 2.13. The lowest BCUT2D eigenvalue weighted by molar-refractivity contribution is -0.230. The van der Waals surface area contributed by atoms with Gasteiger partial charge in [0, 0.05) is 11.8 Å². The van der Waals surface area contributed by atoms with Crippen molar-refractivity contribution in [2.75, 3.05) is 0 Å². The summed E-state index contributed by atoms with van der Waals surface area (Å²) in [6.07, 6.45) is 2.10. The second-order valence-electron chi connectivity index (χ2n) is 5.60. The van der Waals surface area contributed by atoms with Crippen LogP contribution in [0.3, 0.4) is 0 Å². The second-order valence-corrected chi connectivity index (χ2v) is 5.60. The normalized spacial score (nSPS) is 50.7. The molecule has 0 spiro atoms. The predicted molar refractivity (Wildman–Crippen MR) is 48.6 cm³/mol. The molecule has 4 aliphatic rings. The van der Waals surface area contributed by atoms with Gasteiger partial charge in [-0.3, -0.25) is 4.79 Å². The molecule has 4 fully saturated rings. The maximum Gasteiger partial charge on any atom is 0.309 e. The van der Waals surface area contributed by atoms with E-state index >= 15 is 0 Å². The zero-order valence-electron chi connectivity index (χ0n) is 8.38. The van der Waals surface area contributed by atoms with E-state index in [9.17, 15) is 18.7 Å². The first-order valence-electron chi connectivity index (χ1n) is 5.55. The van der Waals surface area contributed by atoms with Crippen molar-refractivity contribution in [2.24, 2.45) is 23.2 Å². The fourth-order valence-corrected chi connectivity index (χ4v) is 4.16. The van der Waals surface area contributed by atoms with Crippen molar-refractivity contribution in [1.29, 1.82) is 0 Å². The van der Waals surface area contributed by atoms with Gasteiger partial charge in [0.15, 0.2) is 0 Å². The lowest BCUT2D eigenvalue weighted by Crippen LogP contribution is -2.59. The lowest BCUT2D eigenvalue weighted by Gasteiger charge is -2.57. The minimum absolute atomic E-state index is 0.197. The van der Waals surface area contributed by atoms with Gasteiger partial charge in [-0.15, -0.1) is 0 Å². The largest absolute Gasteiger partial charge is 0.481 e. The van der Waals surface area contributed by atoms with Gasteiger partial charge >= 0.3 is 5.97 Å². The lowest BCUT2D eigenvalue weighted by atomic mass is 9.48. The van der Waals surface area contributed by atoms with E-state index in [2.05, 4.69) is 0 Å². The van der Waals surface area contributed by atoms with E-state index in [-0.39, 0.29) is 18.8 Å². The minimum Gasteiger partial charge on any atom is -0.481 e. The third-order valence-corrected chi connectivity index (χ3v) is 4.73. The van der Waals surface area contributed by atoms with Gasteiger partial charge in [-0.2, -0.15) is 0 Å². The molecule has 0 radical (unpaired) electrons. The summed E-state index contributed by atoms with van der Waals surface area (Å²) in [7, 11) is 0. The molecule has 0 heterocycles. The summed E-state index contributed by atoms with van der Waals surface area (Å²) in [5, 5.41) is 9.20. The van der Waals surface area contributed by atoms with Gasteiger partial charge in [-0.05, 0) is 38.0 Å². The first-order chi connectivity index (χ1) is 6.94. The van der Waals surface area contributed by atoms with Crippen molar-refractivity contribution in [3.8, 4) is 0 Å². The Morgan fingerprint density at radius 3 is 2.13 bits per heavy atom. The van der Waals surface area contributed by atoms with E-state index < -0.39 is 29.1 Å². The van der Waals surface area contributed by atoms with E-state index in [1.807, 2.05) is 0 Å². The monoisotopic (exact) mass is 216 g/mol. The van der Waals surface area contributed by atoms with Crippen LogP contribution in [-0.4, -0.2) is 17.0 Å². The third kappa shape index (κ3) is 1.05. The molecule has 2 unspecified atom stereocenters. The van der Waals surface area contributed by atoms with Crippen LogP contribution in [0, 0.1) is 23.2 Å². The number of rotatable bonds is 1. The summed E-state index contributed by atoms with van der Waals surface area (Å²) < 4.78 is 27.5. The van der Waals surface area contributed by atoms with Gasteiger partial charge in [0.25, 0.3) is 5.92 Å². The van der Waals surface area contributed by atoms with Crippen molar-refractivity contribution in [3.63, 3.8) is 0 Å². The molecule has 4 bridgehead atoms. The Morgan fingerprint density at radius 2 is 1.67 bits per heavy atom. The zero-order valence-corrected chi connectivity index (χ0v) is 8.38. The molecule has 2 nitrogen and oxygen atoms in total. The Bertz CT molecular complexity index is 309. The second kappa shape index (κ2) is 2.53. The van der Waals surface area contributed by atoms with Gasteiger partial charge < -0.3 is 5.11 Å². The molecule has 4 rings (SSSR count). The van der Waals surface area contributed by atoms with Gasteiger partial charge in [0.1, 0.15) is 0 Å². The van der Waals surface area contributed by atoms with Gasteiger partial charge in [0.2, 0.25) is 0 Å². The highest BCUT2D eigenvalue weighted by Gasteiger charge is 2.66. The van der Waals surface area contributed by atoms with Crippen molar-refractivity contribution in [3.05, 3.63) is 0 Å². The first-order valence-corrected chi connectivity index (χ1v) is 5.55. The summed E-state index contributed by atoms with van der Waals surface area (Å²) in [4.78, 5) is 11.2. The highest BCUT2D eigenvalue weighted by Crippen LogP contribution is 2.65. The average molecular weight is 216 g/mol. The Morgan fingerprint density at radius 1 is 1.13 bits per heavy atom. The summed E-state index contributed by atoms with van der Waals surface area (Å²) in [5.74, 6) is -4.55. The van der Waals surface area contributed by atoms with Crippen LogP contribution in [0.15, 0.2) is 0 Å². The van der Waals surface area contributed by atoms with Crippen molar-refractivity contribution >= 4 is 5.97 Å². The van der Waals surface area contributed by atoms with Crippen LogP contribution in [0.2, 0.25) is 0 Å². The number of carbonyl (C=O) groups is 1. The molecule has 0 aromatic carbocycles. The van der Waals surface area contributed by atoms with E-state index in [0.29, 0.717) is 19.3 Å². The fraction of sp³-hybridized carbons (Fsp3) is 0.909. The molecule has 0 aromatic heterocycles. The molecule has 4 aliphatic carbocycles. The molecule has 4 saturated carbocycles. The number of halogens is 2. The van der Waals surface area contributed by atoms with Gasteiger partial charge in [-0.1, -0.05) is 0 Å². The van der Waals surface area contributed by atoms with Crippen LogP contribution in [0.25, 0.3) is 0 Å². The van der Waals surface area contributed by atoms with E-state index in [0.717, 1.165) is 0 Å². The van der Waals surface area contributed by atoms with Gasteiger partial charge in [0.05, 0.1) is 5.41 Å². The molecular weight excluding hydrogens is 202 g/mol. The molecule has 1 N–H and O–H groups in total. The van der Waals surface area contributed by atoms with Crippen LogP contribution >= 0.6 is 0 Å².